The quantitative estimate of drug-likeness (QED) is 0.558. The Balaban J connectivity index is 2.15. The van der Waals surface area contributed by atoms with Crippen LogP contribution in [0.5, 0.6) is 0 Å². The molecule has 0 aliphatic heterocycles. The van der Waals surface area contributed by atoms with E-state index >= 15 is 0 Å². The van der Waals surface area contributed by atoms with E-state index in [1.807, 2.05) is 0 Å². The van der Waals surface area contributed by atoms with Crippen molar-refractivity contribution >= 4 is 0 Å². The molecule has 0 radical (unpaired) electrons. The van der Waals surface area contributed by atoms with Gasteiger partial charge in [0.2, 0.25) is 0 Å². The number of hydrogen-bond donors (Lipinski definition) is 0. The molecule has 0 atom stereocenters. The topological polar surface area (TPSA) is 0 Å². The van der Waals surface area contributed by atoms with Crippen LogP contribution in [0.25, 0.3) is 0 Å². The Hall–Kier alpha value is -0.0700. The average Bonchev–Trinajstić information content (AvgIpc) is 1.57. The van der Waals surface area contributed by atoms with Crippen molar-refractivity contribution in [3.8, 4) is 0 Å². The van der Waals surface area contributed by atoms with Gasteiger partial charge in [-0.15, -0.1) is 0 Å². The minimum atomic E-state index is -0.820. The first-order valence-corrected chi connectivity index (χ1v) is 4.18. The molecule has 0 heterocycles. The van der Waals surface area contributed by atoms with Crippen LogP contribution < -0.4 is 0 Å². The van der Waals surface area contributed by atoms with Gasteiger partial charge in [0.15, 0.2) is 0 Å². The first kappa shape index (κ1) is 8.03. The maximum atomic E-state index is 12.9. The zero-order chi connectivity index (χ0) is 7.78. The Bertz CT molecular complexity index is 105. The lowest BCUT2D eigenvalue weighted by Gasteiger charge is -2.39. The zero-order valence-electron chi connectivity index (χ0n) is 7.15. The normalized spacial score (nSPS) is 39.9. The minimum absolute atomic E-state index is 0.676. The van der Waals surface area contributed by atoms with Gasteiger partial charge >= 0.3 is 0 Å². The minimum Gasteiger partial charge on any atom is -0.244 e. The summed E-state index contributed by atoms with van der Waals surface area (Å²) in [6.07, 6.45) is 2.80. The summed E-state index contributed by atoms with van der Waals surface area (Å²) in [4.78, 5) is 0. The van der Waals surface area contributed by atoms with Gasteiger partial charge in [-0.25, -0.2) is 4.39 Å². The van der Waals surface area contributed by atoms with Gasteiger partial charge in [0.25, 0.3) is 0 Å². The second-order valence-electron chi connectivity index (χ2n) is 4.32. The highest BCUT2D eigenvalue weighted by molar-refractivity contribution is 4.90. The van der Waals surface area contributed by atoms with Gasteiger partial charge in [0.1, 0.15) is 5.67 Å². The second-order valence-corrected chi connectivity index (χ2v) is 4.32. The molecule has 1 aliphatic carbocycles. The van der Waals surface area contributed by atoms with Gasteiger partial charge in [-0.1, -0.05) is 13.8 Å². The number of alkyl halides is 1. The molecule has 0 saturated heterocycles. The molecule has 1 rings (SSSR count). The Morgan fingerprint density at radius 2 is 2.00 bits per heavy atom. The Morgan fingerprint density at radius 3 is 2.30 bits per heavy atom. The van der Waals surface area contributed by atoms with Crippen LogP contribution in [0.1, 0.15) is 40.0 Å². The van der Waals surface area contributed by atoms with E-state index in [0.717, 1.165) is 18.8 Å². The maximum Gasteiger partial charge on any atom is 0.108 e. The second kappa shape index (κ2) is 2.52. The molecule has 0 aromatic heterocycles. The van der Waals surface area contributed by atoms with Gasteiger partial charge in [0, 0.05) is 0 Å². The third kappa shape index (κ3) is 1.96. The molecular formula is C9H17F. The van der Waals surface area contributed by atoms with Crippen LogP contribution in [0.4, 0.5) is 4.39 Å². The SMILES string of the molecule is CC(C)CC1CC(C)(F)C1. The van der Waals surface area contributed by atoms with Crippen LogP contribution in [-0.4, -0.2) is 5.67 Å². The van der Waals surface area contributed by atoms with Crippen LogP contribution in [0.15, 0.2) is 0 Å². The average molecular weight is 144 g/mol. The van der Waals surface area contributed by atoms with Gasteiger partial charge < -0.3 is 0 Å². The van der Waals surface area contributed by atoms with Crippen LogP contribution in [0.2, 0.25) is 0 Å². The third-order valence-electron chi connectivity index (χ3n) is 2.23. The van der Waals surface area contributed by atoms with Gasteiger partial charge in [-0.3, -0.25) is 0 Å². The molecule has 0 spiro atoms. The lowest BCUT2D eigenvalue weighted by molar-refractivity contribution is 0.0157. The summed E-state index contributed by atoms with van der Waals surface area (Å²) in [7, 11) is 0. The fourth-order valence-electron chi connectivity index (χ4n) is 1.98. The van der Waals surface area contributed by atoms with Gasteiger partial charge in [0.05, 0.1) is 0 Å². The molecule has 1 saturated carbocycles. The van der Waals surface area contributed by atoms with E-state index in [9.17, 15) is 4.39 Å². The Labute approximate surface area is 62.8 Å². The lowest BCUT2D eigenvalue weighted by atomic mass is 9.70. The highest BCUT2D eigenvalue weighted by Crippen LogP contribution is 2.43. The third-order valence-corrected chi connectivity index (χ3v) is 2.23. The monoisotopic (exact) mass is 144 g/mol. The predicted octanol–water partition coefficient (Wildman–Crippen LogP) is 3.17. The van der Waals surface area contributed by atoms with Crippen molar-refractivity contribution in [3.05, 3.63) is 0 Å². The first-order valence-electron chi connectivity index (χ1n) is 4.18. The summed E-state index contributed by atoms with van der Waals surface area (Å²) in [6, 6.07) is 0. The molecule has 0 bridgehead atoms. The smallest absolute Gasteiger partial charge is 0.108 e. The van der Waals surface area contributed by atoms with Crippen LogP contribution >= 0.6 is 0 Å². The Kier molecular flexibility index (Phi) is 2.02. The molecule has 0 amide bonds. The van der Waals surface area contributed by atoms with Crippen molar-refractivity contribution in [1.82, 2.24) is 0 Å². The summed E-state index contributed by atoms with van der Waals surface area (Å²) in [6.45, 7) is 6.12. The highest BCUT2D eigenvalue weighted by Gasteiger charge is 2.40. The molecule has 1 heteroatoms. The van der Waals surface area contributed by atoms with Gasteiger partial charge in [-0.05, 0) is 38.0 Å². The summed E-state index contributed by atoms with van der Waals surface area (Å²) < 4.78 is 12.9. The van der Waals surface area contributed by atoms with Crippen molar-refractivity contribution in [2.45, 2.75) is 45.7 Å². The number of rotatable bonds is 2. The Morgan fingerprint density at radius 1 is 1.50 bits per heavy atom. The molecule has 10 heavy (non-hydrogen) atoms. The van der Waals surface area contributed by atoms with Crippen molar-refractivity contribution in [2.24, 2.45) is 11.8 Å². The van der Waals surface area contributed by atoms with Crippen molar-refractivity contribution < 1.29 is 4.39 Å². The van der Waals surface area contributed by atoms with Crippen molar-refractivity contribution in [1.29, 1.82) is 0 Å². The lowest BCUT2D eigenvalue weighted by Crippen LogP contribution is -2.37. The molecule has 1 fully saturated rings. The van der Waals surface area contributed by atoms with E-state index in [0.29, 0.717) is 5.92 Å². The van der Waals surface area contributed by atoms with E-state index in [1.165, 1.54) is 6.42 Å². The van der Waals surface area contributed by atoms with Crippen LogP contribution in [0.3, 0.4) is 0 Å². The van der Waals surface area contributed by atoms with E-state index in [2.05, 4.69) is 13.8 Å². The number of halogens is 1. The summed E-state index contributed by atoms with van der Waals surface area (Å²) >= 11 is 0. The summed E-state index contributed by atoms with van der Waals surface area (Å²) in [5, 5.41) is 0. The summed E-state index contributed by atoms with van der Waals surface area (Å²) in [5.74, 6) is 1.41. The highest BCUT2D eigenvalue weighted by atomic mass is 19.1. The van der Waals surface area contributed by atoms with E-state index < -0.39 is 5.67 Å². The van der Waals surface area contributed by atoms with Gasteiger partial charge in [-0.2, -0.15) is 0 Å². The number of hydrogen-bond acceptors (Lipinski definition) is 0. The largest absolute Gasteiger partial charge is 0.244 e. The zero-order valence-corrected chi connectivity index (χ0v) is 7.15. The van der Waals surface area contributed by atoms with Crippen LogP contribution in [-0.2, 0) is 0 Å². The van der Waals surface area contributed by atoms with Crippen LogP contribution in [0, 0.1) is 11.8 Å². The molecule has 0 nitrogen and oxygen atoms in total. The van der Waals surface area contributed by atoms with E-state index in [1.54, 1.807) is 6.92 Å². The fraction of sp³-hybridized carbons (Fsp3) is 1.00. The standard InChI is InChI=1S/C9H17F/c1-7(2)4-8-5-9(3,10)6-8/h7-8H,4-6H2,1-3H3. The van der Waals surface area contributed by atoms with E-state index in [4.69, 9.17) is 0 Å². The molecule has 0 aromatic carbocycles. The molecule has 0 N–H and O–H groups in total. The van der Waals surface area contributed by atoms with Crippen molar-refractivity contribution in [2.75, 3.05) is 0 Å². The van der Waals surface area contributed by atoms with Crippen molar-refractivity contribution in [3.63, 3.8) is 0 Å². The molecule has 0 unspecified atom stereocenters. The fourth-order valence-corrected chi connectivity index (χ4v) is 1.98. The first-order chi connectivity index (χ1) is 4.49. The maximum absolute atomic E-state index is 12.9. The molecular weight excluding hydrogens is 127 g/mol. The van der Waals surface area contributed by atoms with E-state index in [-0.39, 0.29) is 0 Å². The predicted molar refractivity (Wildman–Crippen MR) is 41.7 cm³/mol. The molecule has 0 aromatic rings. The summed E-state index contributed by atoms with van der Waals surface area (Å²) in [5.41, 5.74) is -0.820. The molecule has 60 valence electrons. The molecule has 1 aliphatic rings.